The van der Waals surface area contributed by atoms with Crippen LogP contribution in [0.1, 0.15) is 126 Å². The molecular formula is C83H107N3O21. The SMILES string of the molecule is C[C@@H]1[C@H](O)[C@@H](C)C=CC=CC=CC=CC=CC=CC=C[C@H](O[C@@H]2O[C@H](C)[C@@H](O)[C@H](N(CCCNC(=O)OCC3c4ccccc4-c4ccccc43)CCCNC(=O)OCC3c4ccccc4-c4ccccc43)[C@@H]2O)CC2O[C@](O)(C[C@@H](O)C[C@@H](O)[C@H](O)CC[C@@H](O)C[C@@H](O)CC(=O)O[C@H]1C)C[C@H](O)[C@H]2C(=O)O. The molecule has 2 saturated heterocycles. The van der Waals surface area contributed by atoms with Crippen LogP contribution in [0.15, 0.2) is 182 Å². The minimum absolute atomic E-state index is 0.0884. The number of ether oxygens (including phenoxy) is 6. The van der Waals surface area contributed by atoms with Crippen LogP contribution in [0.2, 0.25) is 0 Å². The second-order valence-corrected chi connectivity index (χ2v) is 28.7. The Labute approximate surface area is 625 Å². The number of nitrogens with one attached hydrogen (secondary N) is 2. The van der Waals surface area contributed by atoms with Crippen LogP contribution in [0.4, 0.5) is 9.59 Å². The number of carboxylic acid groups (broad SMARTS) is 1. The third-order valence-corrected chi connectivity index (χ3v) is 20.8. The summed E-state index contributed by atoms with van der Waals surface area (Å²) < 4.78 is 36.2. The number of hydrogen-bond acceptors (Lipinski definition) is 21. The van der Waals surface area contributed by atoms with E-state index >= 15 is 0 Å². The summed E-state index contributed by atoms with van der Waals surface area (Å²) in [7, 11) is 0. The fraction of sp³-hybridized carbons (Fsp3) is 0.494. The molecule has 3 heterocycles. The number of rotatable bonds is 16. The lowest BCUT2D eigenvalue weighted by Crippen LogP contribution is -2.64. The largest absolute Gasteiger partial charge is 0.481 e. The highest BCUT2D eigenvalue weighted by atomic mass is 16.7. The lowest BCUT2D eigenvalue weighted by molar-refractivity contribution is -0.312. The molecule has 0 aromatic heterocycles. The number of cyclic esters (lactones) is 1. The zero-order valence-corrected chi connectivity index (χ0v) is 61.1. The first-order valence-electron chi connectivity index (χ1n) is 37.3. The average Bonchev–Trinajstić information content (AvgIpc) is 1.67. The Morgan fingerprint density at radius 1 is 0.533 bits per heavy atom. The summed E-state index contributed by atoms with van der Waals surface area (Å²) in [5.74, 6) is -7.53. The third-order valence-electron chi connectivity index (χ3n) is 20.8. The van der Waals surface area contributed by atoms with Crippen molar-refractivity contribution in [3.8, 4) is 22.3 Å². The molecule has 2 aliphatic carbocycles. The lowest BCUT2D eigenvalue weighted by Gasteiger charge is -2.47. The molecule has 1 unspecified atom stereocenters. The van der Waals surface area contributed by atoms with Crippen molar-refractivity contribution >= 4 is 24.1 Å². The standard InChI is InChI=1S/C83H107N3O21/c1-51-27-15-13-11-9-7-5-6-8-10-12-14-16-28-58(46-72-74(79(97)98)71(92)48-83(101,107-72)47-57(89)44-70(91)69(90)38-37-55(87)43-56(88)45-73(93)104-53(3)52(2)76(51)94)106-80-78(96)75(77(95)54(4)105-80)86(41-25-39-84-81(99)102-49-67-63-33-21-17-29-59(63)60-30-18-22-34-64(60)67)42-26-40-85-82(100)103-50-68-65-35-23-19-31-61(65)62-32-20-24-36-66(62)68/h5-24,27-36,51-58,67-72,74-78,80,87-92,94-96,101H,25-26,37-50H2,1-4H3,(H,84,99)(H,85,100)(H,97,98)/t51-,52-,53-,54+,55+,56+,57-,58-,69+,70+,71-,72?,74+,75-,76+,77+,78-,80-,83+/m0/s1. The van der Waals surface area contributed by atoms with E-state index in [4.69, 9.17) is 28.4 Å². The van der Waals surface area contributed by atoms with Crippen LogP contribution in [0.25, 0.3) is 22.3 Å². The first-order chi connectivity index (χ1) is 51.4. The molecule has 3 aliphatic heterocycles. The van der Waals surface area contributed by atoms with Gasteiger partial charge in [-0.25, -0.2) is 9.59 Å². The Morgan fingerprint density at radius 2 is 1.01 bits per heavy atom. The maximum Gasteiger partial charge on any atom is 0.407 e. The summed E-state index contributed by atoms with van der Waals surface area (Å²) in [4.78, 5) is 54.6. The van der Waals surface area contributed by atoms with Gasteiger partial charge in [0.1, 0.15) is 31.3 Å². The number of carboxylic acids is 1. The predicted octanol–water partition coefficient (Wildman–Crippen LogP) is 7.91. The summed E-state index contributed by atoms with van der Waals surface area (Å²) in [5, 5.41) is 131. The van der Waals surface area contributed by atoms with Crippen molar-refractivity contribution in [3.63, 3.8) is 0 Å². The molecule has 2 fully saturated rings. The van der Waals surface area contributed by atoms with Crippen molar-refractivity contribution in [1.29, 1.82) is 0 Å². The minimum Gasteiger partial charge on any atom is -0.481 e. The van der Waals surface area contributed by atoms with E-state index in [1.807, 2.05) is 115 Å². The fourth-order valence-electron chi connectivity index (χ4n) is 15.0. The third kappa shape index (κ3) is 23.3. The minimum atomic E-state index is -2.43. The summed E-state index contributed by atoms with van der Waals surface area (Å²) in [5.41, 5.74) is 8.53. The van der Waals surface area contributed by atoms with E-state index in [0.29, 0.717) is 0 Å². The van der Waals surface area contributed by atoms with Gasteiger partial charge in [-0.2, -0.15) is 0 Å². The second kappa shape index (κ2) is 40.4. The number of allylic oxidation sites excluding steroid dienone is 12. The topological polar surface area (TPSA) is 373 Å². The lowest BCUT2D eigenvalue weighted by atomic mass is 9.82. The van der Waals surface area contributed by atoms with Gasteiger partial charge in [-0.05, 0) is 90.5 Å². The van der Waals surface area contributed by atoms with Gasteiger partial charge in [0.2, 0.25) is 0 Å². The predicted molar refractivity (Wildman–Crippen MR) is 400 cm³/mol. The van der Waals surface area contributed by atoms with Crippen LogP contribution in [-0.4, -0.2) is 222 Å². The highest BCUT2D eigenvalue weighted by Gasteiger charge is 2.52. The number of aliphatic hydroxyl groups excluding tert-OH is 9. The fourth-order valence-corrected chi connectivity index (χ4v) is 15.0. The maximum atomic E-state index is 13.4. The molecule has 0 spiro atoms. The van der Waals surface area contributed by atoms with Gasteiger partial charge in [-0.3, -0.25) is 14.5 Å². The van der Waals surface area contributed by atoms with Crippen molar-refractivity contribution in [1.82, 2.24) is 15.5 Å². The van der Waals surface area contributed by atoms with Gasteiger partial charge in [0.15, 0.2) is 12.1 Å². The van der Waals surface area contributed by atoms with Crippen molar-refractivity contribution < 1.29 is 104 Å². The molecule has 5 aliphatic rings. The summed E-state index contributed by atoms with van der Waals surface area (Å²) >= 11 is 0. The van der Waals surface area contributed by atoms with Crippen molar-refractivity contribution in [3.05, 3.63) is 204 Å². The van der Waals surface area contributed by atoms with Crippen LogP contribution in [-0.2, 0) is 38.0 Å². The van der Waals surface area contributed by atoms with E-state index < -0.39 is 166 Å². The molecule has 0 saturated carbocycles. The Balaban J connectivity index is 0.915. The van der Waals surface area contributed by atoms with E-state index in [9.17, 15) is 75.3 Å². The number of esters is 1. The molecule has 0 radical (unpaired) electrons. The number of amides is 2. The number of carbonyl (C=O) groups is 4. The van der Waals surface area contributed by atoms with Crippen molar-refractivity contribution in [2.24, 2.45) is 17.8 Å². The van der Waals surface area contributed by atoms with Crippen molar-refractivity contribution in [2.75, 3.05) is 39.4 Å². The Hall–Kier alpha value is -8.02. The highest BCUT2D eigenvalue weighted by molar-refractivity contribution is 5.80. The Bertz CT molecular complexity index is 3550. The number of alkyl carbamates (subject to hydrolysis) is 2. The zero-order valence-electron chi connectivity index (χ0n) is 61.1. The monoisotopic (exact) mass is 1480 g/mol. The number of aliphatic carboxylic acids is 1. The molecule has 580 valence electrons. The molecule has 4 aromatic rings. The summed E-state index contributed by atoms with van der Waals surface area (Å²) in [6.45, 7) is 7.54. The first-order valence-corrected chi connectivity index (χ1v) is 37.3. The number of benzene rings is 4. The number of aliphatic hydroxyl groups is 10. The van der Waals surface area contributed by atoms with E-state index in [1.165, 1.54) is 6.08 Å². The Kier molecular flexibility index (Phi) is 31.4. The summed E-state index contributed by atoms with van der Waals surface area (Å²) in [6, 6.07) is 30.9. The normalized spacial score (nSPS) is 30.9. The van der Waals surface area contributed by atoms with Gasteiger partial charge in [0.25, 0.3) is 0 Å². The number of fused-ring (bicyclic) bond motifs is 8. The van der Waals surface area contributed by atoms with Gasteiger partial charge in [0.05, 0.1) is 79.6 Å². The molecular weight excluding hydrogens is 1370 g/mol. The smallest absolute Gasteiger partial charge is 0.407 e. The second-order valence-electron chi connectivity index (χ2n) is 28.7. The molecule has 13 N–H and O–H groups in total. The molecule has 2 bridgehead atoms. The highest BCUT2D eigenvalue weighted by Crippen LogP contribution is 2.46. The zero-order chi connectivity index (χ0) is 76.7. The number of carbonyl (C=O) groups excluding carboxylic acids is 3. The summed E-state index contributed by atoms with van der Waals surface area (Å²) in [6.07, 6.45) is 0.990. The first kappa shape index (κ1) is 83.0. The molecule has 19 atom stereocenters. The quantitative estimate of drug-likeness (QED) is 0.0288. The average molecular weight is 1480 g/mol. The Morgan fingerprint density at radius 3 is 1.50 bits per heavy atom. The van der Waals surface area contributed by atoms with Crippen LogP contribution in [0, 0.1) is 17.8 Å². The molecule has 24 heteroatoms. The molecule has 107 heavy (non-hydrogen) atoms. The van der Waals surface area contributed by atoms with Crippen LogP contribution in [0.3, 0.4) is 0 Å². The van der Waals surface area contributed by atoms with Gasteiger partial charge in [-0.1, -0.05) is 196 Å². The van der Waals surface area contributed by atoms with E-state index in [0.717, 1.165) is 44.5 Å². The van der Waals surface area contributed by atoms with Crippen molar-refractivity contribution in [2.45, 2.75) is 201 Å². The van der Waals surface area contributed by atoms with E-state index in [1.54, 1.807) is 93.7 Å². The molecule has 9 rings (SSSR count). The number of hydrogen-bond donors (Lipinski definition) is 13. The maximum absolute atomic E-state index is 13.4. The van der Waals surface area contributed by atoms with Crippen LogP contribution < -0.4 is 10.6 Å². The molecule has 4 aromatic carbocycles. The van der Waals surface area contributed by atoms with E-state index in [2.05, 4.69) is 10.6 Å². The van der Waals surface area contributed by atoms with Gasteiger partial charge in [-0.15, -0.1) is 0 Å². The molecule has 24 nitrogen and oxygen atoms in total. The van der Waals surface area contributed by atoms with Crippen LogP contribution >= 0.6 is 0 Å². The van der Waals surface area contributed by atoms with E-state index in [-0.39, 0.29) is 89.3 Å². The van der Waals surface area contributed by atoms with Gasteiger partial charge in [0, 0.05) is 75.5 Å². The number of nitrogens with zero attached hydrogens (tertiary/aromatic N) is 1. The molecule has 2 amide bonds. The van der Waals surface area contributed by atoms with Gasteiger partial charge < -0.3 is 95.2 Å². The van der Waals surface area contributed by atoms with Gasteiger partial charge >= 0.3 is 24.1 Å². The van der Waals surface area contributed by atoms with Crippen LogP contribution in [0.5, 0.6) is 0 Å².